The fourth-order valence-corrected chi connectivity index (χ4v) is 5.34. The molecule has 2 aromatic carbocycles. The number of aryl methyl sites for hydroxylation is 1. The molecule has 9 heteroatoms. The molecule has 3 heterocycles. The first-order valence-corrected chi connectivity index (χ1v) is 12.6. The van der Waals surface area contributed by atoms with Crippen LogP contribution in [0.4, 0.5) is 5.69 Å². The van der Waals surface area contributed by atoms with E-state index in [9.17, 15) is 4.79 Å². The van der Waals surface area contributed by atoms with E-state index in [0.29, 0.717) is 23.7 Å². The second kappa shape index (κ2) is 11.2. The van der Waals surface area contributed by atoms with Gasteiger partial charge in [-0.15, -0.1) is 12.4 Å². The second-order valence-electron chi connectivity index (χ2n) is 9.07. The smallest absolute Gasteiger partial charge is 0.257 e. The summed E-state index contributed by atoms with van der Waals surface area (Å²) < 4.78 is 1.94. The fourth-order valence-electron chi connectivity index (χ4n) is 5.04. The molecule has 1 aromatic heterocycles. The number of halogens is 3. The molecule has 0 radical (unpaired) electrons. The predicted molar refractivity (Wildman–Crippen MR) is 145 cm³/mol. The number of benzene rings is 2. The Morgan fingerprint density at radius 1 is 0.971 bits per heavy atom. The van der Waals surface area contributed by atoms with Crippen LogP contribution in [0.5, 0.6) is 0 Å². The van der Waals surface area contributed by atoms with Crippen molar-refractivity contribution in [3.8, 4) is 5.69 Å². The molecule has 0 bridgehead atoms. The quantitative estimate of drug-likeness (QED) is 0.491. The minimum atomic E-state index is 0. The van der Waals surface area contributed by atoms with Crippen molar-refractivity contribution in [2.75, 3.05) is 44.2 Å². The molecule has 2 aliphatic rings. The van der Waals surface area contributed by atoms with Gasteiger partial charge in [-0.1, -0.05) is 29.3 Å². The SMILES string of the molecule is Cc1ccc(Cl)cc1N1CCN(C(=O)c2cnn(-c3ccc(Cl)cc3)c2C2CCNCC2)CC1.Cl. The molecule has 0 atom stereocenters. The predicted octanol–water partition coefficient (Wildman–Crippen LogP) is 5.34. The van der Waals surface area contributed by atoms with Gasteiger partial charge in [-0.3, -0.25) is 4.79 Å². The zero-order valence-electron chi connectivity index (χ0n) is 19.7. The molecule has 0 spiro atoms. The molecular formula is C26H30Cl3N5O. The lowest BCUT2D eigenvalue weighted by molar-refractivity contribution is 0.0744. The second-order valence-corrected chi connectivity index (χ2v) is 9.94. The summed E-state index contributed by atoms with van der Waals surface area (Å²) in [6, 6.07) is 13.6. The lowest BCUT2D eigenvalue weighted by atomic mass is 9.91. The summed E-state index contributed by atoms with van der Waals surface area (Å²) >= 11 is 12.3. The van der Waals surface area contributed by atoms with Crippen molar-refractivity contribution in [1.82, 2.24) is 20.0 Å². The van der Waals surface area contributed by atoms with E-state index in [1.807, 2.05) is 52.0 Å². The standard InChI is InChI=1S/C26H29Cl2N5O.ClH/c1-18-2-3-21(28)16-24(18)31-12-14-32(15-13-31)26(34)23-17-30-33(22-6-4-20(27)5-7-22)25(23)19-8-10-29-11-9-19;/h2-7,16-17,19,29H,8-15H2,1H3;1H. The van der Waals surface area contributed by atoms with Crippen LogP contribution in [0.25, 0.3) is 5.69 Å². The first-order valence-electron chi connectivity index (χ1n) is 11.9. The van der Waals surface area contributed by atoms with E-state index in [1.54, 1.807) is 6.20 Å². The minimum Gasteiger partial charge on any atom is -0.368 e. The molecule has 0 aliphatic carbocycles. The Labute approximate surface area is 222 Å². The average molecular weight is 535 g/mol. The van der Waals surface area contributed by atoms with Crippen LogP contribution in [0, 0.1) is 6.92 Å². The van der Waals surface area contributed by atoms with Crippen LogP contribution in [0.1, 0.15) is 40.4 Å². The summed E-state index contributed by atoms with van der Waals surface area (Å²) in [4.78, 5) is 18.0. The van der Waals surface area contributed by atoms with Gasteiger partial charge in [0.2, 0.25) is 0 Å². The largest absolute Gasteiger partial charge is 0.368 e. The highest BCUT2D eigenvalue weighted by Crippen LogP contribution is 2.32. The maximum Gasteiger partial charge on any atom is 0.257 e. The summed E-state index contributed by atoms with van der Waals surface area (Å²) in [6.07, 6.45) is 3.73. The first kappa shape index (κ1) is 25.8. The highest BCUT2D eigenvalue weighted by Gasteiger charge is 2.31. The zero-order valence-corrected chi connectivity index (χ0v) is 22.0. The van der Waals surface area contributed by atoms with E-state index in [0.717, 1.165) is 61.1 Å². The molecule has 2 fully saturated rings. The number of aromatic nitrogens is 2. The van der Waals surface area contributed by atoms with Gasteiger partial charge in [-0.05, 0) is 74.8 Å². The van der Waals surface area contributed by atoms with Crippen LogP contribution in [-0.4, -0.2) is 59.9 Å². The van der Waals surface area contributed by atoms with Crippen LogP contribution in [-0.2, 0) is 0 Å². The van der Waals surface area contributed by atoms with Gasteiger partial charge < -0.3 is 15.1 Å². The summed E-state index contributed by atoms with van der Waals surface area (Å²) in [5, 5.41) is 9.52. The van der Waals surface area contributed by atoms with Gasteiger partial charge in [-0.2, -0.15) is 5.10 Å². The van der Waals surface area contributed by atoms with Crippen molar-refractivity contribution in [3.63, 3.8) is 0 Å². The summed E-state index contributed by atoms with van der Waals surface area (Å²) in [5.41, 5.74) is 5.00. The number of piperazine rings is 1. The Morgan fingerprint density at radius 3 is 2.31 bits per heavy atom. The number of hydrogen-bond acceptors (Lipinski definition) is 4. The lowest BCUT2D eigenvalue weighted by Crippen LogP contribution is -2.49. The minimum absolute atomic E-state index is 0. The third kappa shape index (κ3) is 5.46. The highest BCUT2D eigenvalue weighted by atomic mass is 35.5. The van der Waals surface area contributed by atoms with Gasteiger partial charge in [0.25, 0.3) is 5.91 Å². The van der Waals surface area contributed by atoms with Crippen molar-refractivity contribution >= 4 is 47.2 Å². The number of piperidine rings is 1. The molecule has 2 aliphatic heterocycles. The number of carbonyl (C=O) groups excluding carboxylic acids is 1. The van der Waals surface area contributed by atoms with Crippen molar-refractivity contribution in [2.24, 2.45) is 0 Å². The van der Waals surface area contributed by atoms with E-state index in [1.165, 1.54) is 5.56 Å². The van der Waals surface area contributed by atoms with E-state index >= 15 is 0 Å². The van der Waals surface area contributed by atoms with E-state index in [2.05, 4.69) is 22.2 Å². The van der Waals surface area contributed by atoms with Crippen LogP contribution >= 0.6 is 35.6 Å². The normalized spacial score (nSPS) is 16.8. The summed E-state index contributed by atoms with van der Waals surface area (Å²) in [7, 11) is 0. The van der Waals surface area contributed by atoms with Gasteiger partial charge >= 0.3 is 0 Å². The number of anilines is 1. The molecular weight excluding hydrogens is 505 g/mol. The van der Waals surface area contributed by atoms with Crippen LogP contribution in [0.3, 0.4) is 0 Å². The third-order valence-electron chi connectivity index (χ3n) is 6.91. The Bertz CT molecular complexity index is 1170. The molecule has 35 heavy (non-hydrogen) atoms. The van der Waals surface area contributed by atoms with Crippen molar-refractivity contribution in [1.29, 1.82) is 0 Å². The number of nitrogens with zero attached hydrogens (tertiary/aromatic N) is 4. The van der Waals surface area contributed by atoms with Crippen molar-refractivity contribution in [3.05, 3.63) is 75.5 Å². The Morgan fingerprint density at radius 2 is 1.63 bits per heavy atom. The maximum absolute atomic E-state index is 13.7. The monoisotopic (exact) mass is 533 g/mol. The van der Waals surface area contributed by atoms with E-state index in [4.69, 9.17) is 23.2 Å². The highest BCUT2D eigenvalue weighted by molar-refractivity contribution is 6.31. The third-order valence-corrected chi connectivity index (χ3v) is 7.40. The van der Waals surface area contributed by atoms with Gasteiger partial charge in [0.1, 0.15) is 0 Å². The number of carbonyl (C=O) groups is 1. The summed E-state index contributed by atoms with van der Waals surface area (Å²) in [6.45, 7) is 6.89. The molecule has 2 saturated heterocycles. The molecule has 0 unspecified atom stereocenters. The van der Waals surface area contributed by atoms with E-state index in [-0.39, 0.29) is 24.2 Å². The molecule has 0 saturated carbocycles. The van der Waals surface area contributed by atoms with Gasteiger partial charge in [0.15, 0.2) is 0 Å². The van der Waals surface area contributed by atoms with Crippen LogP contribution in [0.15, 0.2) is 48.7 Å². The van der Waals surface area contributed by atoms with E-state index < -0.39 is 0 Å². The first-order chi connectivity index (χ1) is 16.5. The Balaban J connectivity index is 0.00000289. The Hall–Kier alpha value is -2.25. The number of nitrogens with one attached hydrogen (secondary N) is 1. The number of amides is 1. The van der Waals surface area contributed by atoms with Crippen molar-refractivity contribution in [2.45, 2.75) is 25.7 Å². The number of hydrogen-bond donors (Lipinski definition) is 1. The lowest BCUT2D eigenvalue weighted by Gasteiger charge is -2.37. The summed E-state index contributed by atoms with van der Waals surface area (Å²) in [5.74, 6) is 0.352. The molecule has 1 N–H and O–H groups in total. The molecule has 186 valence electrons. The van der Waals surface area contributed by atoms with Crippen LogP contribution in [0.2, 0.25) is 10.0 Å². The molecule has 6 nitrogen and oxygen atoms in total. The maximum atomic E-state index is 13.7. The Kier molecular flexibility index (Phi) is 8.27. The average Bonchev–Trinajstić information content (AvgIpc) is 3.31. The van der Waals surface area contributed by atoms with Gasteiger partial charge in [0.05, 0.1) is 23.1 Å². The van der Waals surface area contributed by atoms with Gasteiger partial charge in [-0.25, -0.2) is 4.68 Å². The molecule has 3 aromatic rings. The zero-order chi connectivity index (χ0) is 23.7. The number of rotatable bonds is 4. The molecule has 1 amide bonds. The van der Waals surface area contributed by atoms with Gasteiger partial charge in [0, 0.05) is 47.8 Å². The van der Waals surface area contributed by atoms with Crippen molar-refractivity contribution < 1.29 is 4.79 Å². The van der Waals surface area contributed by atoms with Crippen LogP contribution < -0.4 is 10.2 Å². The fraction of sp³-hybridized carbons (Fsp3) is 0.385. The topological polar surface area (TPSA) is 53.4 Å². The molecule has 5 rings (SSSR count).